The molecule has 1 saturated carbocycles. The summed E-state index contributed by atoms with van der Waals surface area (Å²) in [5.74, 6) is 1.80. The number of carbonyl (C=O) groups is 1. The lowest BCUT2D eigenvalue weighted by molar-refractivity contribution is -0.141. The summed E-state index contributed by atoms with van der Waals surface area (Å²) >= 11 is 0. The van der Waals surface area contributed by atoms with Crippen LogP contribution in [0.2, 0.25) is 0 Å². The zero-order valence-corrected chi connectivity index (χ0v) is 17.3. The minimum Gasteiger partial charge on any atom is -0.393 e. The molecule has 3 aliphatic rings. The molecular formula is C23H30N4O2. The maximum absolute atomic E-state index is 13.0. The molecule has 6 heteroatoms. The second-order valence-electron chi connectivity index (χ2n) is 9.31. The Labute approximate surface area is 172 Å². The lowest BCUT2D eigenvalue weighted by Crippen LogP contribution is -2.54. The van der Waals surface area contributed by atoms with Crippen molar-refractivity contribution in [2.75, 3.05) is 24.5 Å². The zero-order chi connectivity index (χ0) is 20.2. The molecule has 1 spiro atoms. The number of fused-ring (bicyclic) bond motifs is 4. The molecule has 6 nitrogen and oxygen atoms in total. The van der Waals surface area contributed by atoms with E-state index in [1.807, 2.05) is 17.2 Å². The Bertz CT molecular complexity index is 917. The highest BCUT2D eigenvalue weighted by molar-refractivity contribution is 5.81. The molecule has 1 aliphatic carbocycles. The first-order valence-electron chi connectivity index (χ1n) is 10.9. The van der Waals surface area contributed by atoms with Crippen LogP contribution < -0.4 is 4.90 Å². The molecule has 4 heterocycles. The average molecular weight is 395 g/mol. The molecule has 2 fully saturated rings. The standard InChI is InChI=1S/C23H30N4O2/c1-16(2)7-11-27-19-5-3-9-24-21(19)26-10-4-6-20(26)23(27)8-12-25(15-23)22(29)17-13-18(28)14-17/h3-6,9-10,16-18,28H,7-8,11-15H2,1-2H3/t17?,18?,23-/m1/s1. The number of hydrogen-bond acceptors (Lipinski definition) is 4. The van der Waals surface area contributed by atoms with Gasteiger partial charge in [0.2, 0.25) is 5.91 Å². The van der Waals surface area contributed by atoms with Gasteiger partial charge in [0, 0.05) is 37.9 Å². The number of aliphatic hydroxyl groups excluding tert-OH is 1. The molecule has 5 rings (SSSR count). The Kier molecular flexibility index (Phi) is 4.42. The summed E-state index contributed by atoms with van der Waals surface area (Å²) in [6, 6.07) is 8.46. The molecule has 0 unspecified atom stereocenters. The Hall–Kier alpha value is -2.34. The Morgan fingerprint density at radius 3 is 2.90 bits per heavy atom. The van der Waals surface area contributed by atoms with Crippen molar-refractivity contribution >= 4 is 11.6 Å². The number of nitrogens with zero attached hydrogens (tertiary/aromatic N) is 4. The maximum atomic E-state index is 13.0. The molecule has 1 N–H and O–H groups in total. The second-order valence-corrected chi connectivity index (χ2v) is 9.31. The van der Waals surface area contributed by atoms with E-state index in [4.69, 9.17) is 4.98 Å². The van der Waals surface area contributed by atoms with Crippen molar-refractivity contribution < 1.29 is 9.90 Å². The normalized spacial score (nSPS) is 27.9. The van der Waals surface area contributed by atoms with Crippen molar-refractivity contribution in [1.29, 1.82) is 0 Å². The van der Waals surface area contributed by atoms with Gasteiger partial charge in [0.25, 0.3) is 0 Å². The van der Waals surface area contributed by atoms with E-state index in [9.17, 15) is 9.90 Å². The van der Waals surface area contributed by atoms with Gasteiger partial charge in [0.1, 0.15) is 5.54 Å². The first-order chi connectivity index (χ1) is 14.0. The summed E-state index contributed by atoms with van der Waals surface area (Å²) in [6.07, 6.45) is 6.89. The van der Waals surface area contributed by atoms with Crippen LogP contribution in [0, 0.1) is 11.8 Å². The van der Waals surface area contributed by atoms with Gasteiger partial charge >= 0.3 is 0 Å². The third-order valence-corrected chi connectivity index (χ3v) is 6.98. The lowest BCUT2D eigenvalue weighted by atomic mass is 9.81. The fraction of sp³-hybridized carbons (Fsp3) is 0.565. The number of likely N-dealkylation sites (tertiary alicyclic amines) is 1. The number of hydrogen-bond donors (Lipinski definition) is 1. The van der Waals surface area contributed by atoms with Crippen LogP contribution in [0.15, 0.2) is 36.7 Å². The topological polar surface area (TPSA) is 61.6 Å². The van der Waals surface area contributed by atoms with E-state index >= 15 is 0 Å². The van der Waals surface area contributed by atoms with Crippen molar-refractivity contribution in [3.8, 4) is 5.82 Å². The van der Waals surface area contributed by atoms with Crippen molar-refractivity contribution in [1.82, 2.24) is 14.5 Å². The third kappa shape index (κ3) is 2.88. The summed E-state index contributed by atoms with van der Waals surface area (Å²) in [4.78, 5) is 22.3. The van der Waals surface area contributed by atoms with E-state index in [2.05, 4.69) is 47.7 Å². The molecule has 0 aromatic carbocycles. The van der Waals surface area contributed by atoms with Crippen LogP contribution in [-0.4, -0.2) is 51.2 Å². The van der Waals surface area contributed by atoms with Crippen LogP contribution in [0.25, 0.3) is 5.82 Å². The summed E-state index contributed by atoms with van der Waals surface area (Å²) in [5.41, 5.74) is 2.17. The van der Waals surface area contributed by atoms with Crippen LogP contribution in [-0.2, 0) is 10.3 Å². The van der Waals surface area contributed by atoms with Crippen molar-refractivity contribution in [2.24, 2.45) is 11.8 Å². The van der Waals surface area contributed by atoms with E-state index in [1.165, 1.54) is 5.69 Å². The molecule has 2 aromatic rings. The molecule has 0 bridgehead atoms. The third-order valence-electron chi connectivity index (χ3n) is 6.98. The van der Waals surface area contributed by atoms with Crippen LogP contribution in [0.4, 0.5) is 5.69 Å². The Balaban J connectivity index is 1.52. The number of aromatic nitrogens is 2. The summed E-state index contributed by atoms with van der Waals surface area (Å²) in [6.45, 7) is 6.94. The van der Waals surface area contributed by atoms with E-state index in [-0.39, 0.29) is 23.5 Å². The van der Waals surface area contributed by atoms with Gasteiger partial charge in [-0.25, -0.2) is 4.98 Å². The molecular weight excluding hydrogens is 364 g/mol. The van der Waals surface area contributed by atoms with Crippen molar-refractivity contribution in [2.45, 2.75) is 51.2 Å². The minimum absolute atomic E-state index is 0.00593. The lowest BCUT2D eigenvalue weighted by Gasteiger charge is -2.47. The summed E-state index contributed by atoms with van der Waals surface area (Å²) < 4.78 is 2.21. The highest BCUT2D eigenvalue weighted by Gasteiger charge is 2.51. The fourth-order valence-corrected chi connectivity index (χ4v) is 5.28. The number of amides is 1. The van der Waals surface area contributed by atoms with E-state index in [0.717, 1.165) is 37.4 Å². The SMILES string of the molecule is CC(C)CCN1c2cccnc2-n2cccc2[C@]12CCN(C(=O)C1CC(O)C1)C2. The largest absolute Gasteiger partial charge is 0.393 e. The zero-order valence-electron chi connectivity index (χ0n) is 17.3. The number of aliphatic hydroxyl groups is 1. The summed E-state index contributed by atoms with van der Waals surface area (Å²) in [5, 5.41) is 9.64. The minimum atomic E-state index is -0.298. The van der Waals surface area contributed by atoms with Gasteiger partial charge in [-0.3, -0.25) is 4.79 Å². The molecule has 1 atom stereocenters. The number of anilines is 1. The molecule has 29 heavy (non-hydrogen) atoms. The van der Waals surface area contributed by atoms with Gasteiger partial charge in [0.15, 0.2) is 5.82 Å². The number of pyridine rings is 1. The van der Waals surface area contributed by atoms with Gasteiger partial charge in [-0.05, 0) is 55.9 Å². The van der Waals surface area contributed by atoms with Gasteiger partial charge in [0.05, 0.1) is 17.5 Å². The predicted octanol–water partition coefficient (Wildman–Crippen LogP) is 2.94. The monoisotopic (exact) mass is 394 g/mol. The van der Waals surface area contributed by atoms with Gasteiger partial charge in [-0.15, -0.1) is 0 Å². The number of carbonyl (C=O) groups excluding carboxylic acids is 1. The smallest absolute Gasteiger partial charge is 0.225 e. The first-order valence-corrected chi connectivity index (χ1v) is 10.9. The molecule has 154 valence electrons. The summed E-state index contributed by atoms with van der Waals surface area (Å²) in [7, 11) is 0. The molecule has 2 aliphatic heterocycles. The van der Waals surface area contributed by atoms with Gasteiger partial charge in [-0.1, -0.05) is 13.8 Å². The average Bonchev–Trinajstić information content (AvgIpc) is 3.33. The van der Waals surface area contributed by atoms with Gasteiger partial charge in [-0.2, -0.15) is 0 Å². The van der Waals surface area contributed by atoms with E-state index in [1.54, 1.807) is 0 Å². The van der Waals surface area contributed by atoms with Crippen molar-refractivity contribution in [3.63, 3.8) is 0 Å². The fourth-order valence-electron chi connectivity index (χ4n) is 5.28. The first kappa shape index (κ1) is 18.7. The quantitative estimate of drug-likeness (QED) is 0.866. The molecule has 1 amide bonds. The van der Waals surface area contributed by atoms with E-state index < -0.39 is 0 Å². The number of rotatable bonds is 4. The predicted molar refractivity (Wildman–Crippen MR) is 112 cm³/mol. The molecule has 0 radical (unpaired) electrons. The molecule has 1 saturated heterocycles. The highest BCUT2D eigenvalue weighted by atomic mass is 16.3. The van der Waals surface area contributed by atoms with Crippen LogP contribution in [0.3, 0.4) is 0 Å². The maximum Gasteiger partial charge on any atom is 0.225 e. The Morgan fingerprint density at radius 1 is 1.31 bits per heavy atom. The van der Waals surface area contributed by atoms with Gasteiger partial charge < -0.3 is 19.5 Å². The van der Waals surface area contributed by atoms with Crippen molar-refractivity contribution in [3.05, 3.63) is 42.4 Å². The molecule has 2 aromatic heterocycles. The highest BCUT2D eigenvalue weighted by Crippen LogP contribution is 2.47. The van der Waals surface area contributed by atoms with Crippen LogP contribution >= 0.6 is 0 Å². The second kappa shape index (κ2) is 6.87. The van der Waals surface area contributed by atoms with Crippen LogP contribution in [0.5, 0.6) is 0 Å². The van der Waals surface area contributed by atoms with E-state index in [0.29, 0.717) is 25.3 Å². The van der Waals surface area contributed by atoms with Crippen LogP contribution in [0.1, 0.15) is 45.2 Å². The Morgan fingerprint density at radius 2 is 2.14 bits per heavy atom.